The van der Waals surface area contributed by atoms with Crippen molar-refractivity contribution in [3.8, 4) is 0 Å². The van der Waals surface area contributed by atoms with Gasteiger partial charge in [0.1, 0.15) is 0 Å². The zero-order chi connectivity index (χ0) is 10.1. The Balaban J connectivity index is 0. The van der Waals surface area contributed by atoms with Crippen LogP contribution in [0.15, 0.2) is 0 Å². The van der Waals surface area contributed by atoms with E-state index in [9.17, 15) is 9.59 Å². The zero-order valence-corrected chi connectivity index (χ0v) is 6.65. The fourth-order valence-corrected chi connectivity index (χ4v) is 0.214. The molecule has 0 bridgehead atoms. The number of rotatable bonds is 3. The zero-order valence-electron chi connectivity index (χ0n) is 5.84. The minimum absolute atomic E-state index is 0.296. The van der Waals surface area contributed by atoms with Crippen LogP contribution in [0.25, 0.3) is 0 Å². The minimum atomic E-state index is -2.61. The summed E-state index contributed by atoms with van der Waals surface area (Å²) in [6, 6.07) is 0. The first-order valence-corrected chi connectivity index (χ1v) is 3.66. The molecule has 0 saturated carbocycles. The first-order chi connectivity index (χ1) is 5.36. The Morgan fingerprint density at radius 1 is 1.00 bits per heavy atom. The Morgan fingerprint density at radius 3 is 1.25 bits per heavy atom. The molecule has 0 aliphatic carbocycles. The third-order valence-corrected chi connectivity index (χ3v) is 0.553. The highest BCUT2D eigenvalue weighted by atomic mass is 32.2. The van der Waals surface area contributed by atoms with Crippen LogP contribution in [0.1, 0.15) is 12.8 Å². The molecule has 7 nitrogen and oxygen atoms in total. The Hall–Kier alpha value is -0.990. The van der Waals surface area contributed by atoms with Gasteiger partial charge in [-0.1, -0.05) is 0 Å². The first-order valence-electron chi connectivity index (χ1n) is 2.59. The molecule has 0 rings (SSSR count). The van der Waals surface area contributed by atoms with E-state index in [1.807, 2.05) is 0 Å². The smallest absolute Gasteiger partial charge is 0.303 e. The second-order valence-corrected chi connectivity index (χ2v) is 1.98. The second kappa shape index (κ2) is 8.11. The van der Waals surface area contributed by atoms with Gasteiger partial charge in [0, 0.05) is 0 Å². The Bertz CT molecular complexity index is 158. The predicted octanol–water partition coefficient (Wildman–Crippen LogP) is -0.383. The summed E-state index contributed by atoms with van der Waals surface area (Å²) in [5.41, 5.74) is 0. The van der Waals surface area contributed by atoms with Crippen LogP contribution in [0, 0.1) is 0 Å². The maximum atomic E-state index is 9.64. The van der Waals surface area contributed by atoms with Crippen LogP contribution in [0.5, 0.6) is 0 Å². The molecule has 0 fully saturated rings. The number of carboxylic acids is 2. The molecule has 0 aliphatic heterocycles. The highest BCUT2D eigenvalue weighted by molar-refractivity contribution is 7.73. The molecular weight excluding hydrogens is 192 g/mol. The molecule has 4 N–H and O–H groups in total. The minimum Gasteiger partial charge on any atom is -0.481 e. The van der Waals surface area contributed by atoms with Crippen LogP contribution in [0.3, 0.4) is 0 Å². The van der Waals surface area contributed by atoms with Gasteiger partial charge < -0.3 is 10.2 Å². The molecule has 8 heteroatoms. The number of aliphatic carboxylic acids is 2. The molecule has 12 heavy (non-hydrogen) atoms. The molecule has 0 aromatic carbocycles. The van der Waals surface area contributed by atoms with Gasteiger partial charge in [0.25, 0.3) is 11.4 Å². The summed E-state index contributed by atoms with van der Waals surface area (Å²) >= 11 is -2.61. The Kier molecular flexibility index (Phi) is 9.18. The van der Waals surface area contributed by atoms with E-state index in [1.54, 1.807) is 0 Å². The van der Waals surface area contributed by atoms with Gasteiger partial charge in [-0.2, -0.15) is 4.21 Å². The van der Waals surface area contributed by atoms with Crippen molar-refractivity contribution >= 4 is 23.3 Å². The van der Waals surface area contributed by atoms with Crippen molar-refractivity contribution in [3.05, 3.63) is 0 Å². The summed E-state index contributed by atoms with van der Waals surface area (Å²) in [5, 5.41) is 15.8. The molecule has 0 aromatic heterocycles. The van der Waals surface area contributed by atoms with E-state index in [-0.39, 0.29) is 12.8 Å². The lowest BCUT2D eigenvalue weighted by Gasteiger charge is -1.85. The van der Waals surface area contributed by atoms with E-state index in [0.717, 1.165) is 0 Å². The molecule has 0 aliphatic rings. The average Bonchev–Trinajstić information content (AvgIpc) is 1.82. The van der Waals surface area contributed by atoms with Gasteiger partial charge in [0.05, 0.1) is 12.8 Å². The van der Waals surface area contributed by atoms with Gasteiger partial charge >= 0.3 is 11.9 Å². The van der Waals surface area contributed by atoms with Gasteiger partial charge in [-0.3, -0.25) is 18.7 Å². The fourth-order valence-electron chi connectivity index (χ4n) is 0.214. The predicted molar refractivity (Wildman–Crippen MR) is 37.9 cm³/mol. The van der Waals surface area contributed by atoms with Crippen molar-refractivity contribution in [1.29, 1.82) is 0 Å². The summed E-state index contributed by atoms with van der Waals surface area (Å²) < 4.78 is 22.8. The third kappa shape index (κ3) is 36.0. The number of hydrogen-bond donors (Lipinski definition) is 4. The van der Waals surface area contributed by atoms with Crippen LogP contribution in [0.2, 0.25) is 0 Å². The fraction of sp³-hybridized carbons (Fsp3) is 0.500. The van der Waals surface area contributed by atoms with E-state index < -0.39 is 23.3 Å². The summed E-state index contributed by atoms with van der Waals surface area (Å²) in [6.07, 6.45) is -0.593. The van der Waals surface area contributed by atoms with E-state index in [0.29, 0.717) is 0 Å². The van der Waals surface area contributed by atoms with Gasteiger partial charge in [0.15, 0.2) is 0 Å². The quantitative estimate of drug-likeness (QED) is 0.456. The molecule has 0 aromatic rings. The summed E-state index contributed by atoms with van der Waals surface area (Å²) in [4.78, 5) is 19.3. The lowest BCUT2D eigenvalue weighted by Crippen LogP contribution is -2.00. The monoisotopic (exact) mass is 200 g/mol. The summed E-state index contributed by atoms with van der Waals surface area (Å²) in [7, 11) is 0. The number of carbonyl (C=O) groups is 2. The highest BCUT2D eigenvalue weighted by Gasteiger charge is 2.00. The lowest BCUT2D eigenvalue weighted by molar-refractivity contribution is -0.143. The van der Waals surface area contributed by atoms with Crippen LogP contribution < -0.4 is 0 Å². The SMILES string of the molecule is O=C(O)CCC(=O)O.O=S(O)O. The Labute approximate surface area is 70.1 Å². The van der Waals surface area contributed by atoms with Crippen molar-refractivity contribution in [3.63, 3.8) is 0 Å². The van der Waals surface area contributed by atoms with Crippen molar-refractivity contribution in [2.24, 2.45) is 0 Å². The standard InChI is InChI=1S/C4H6O4.H2O3S/c5-3(6)1-2-4(7)8;1-4(2)3/h1-2H2,(H,5,6)(H,7,8);(H2,1,2,3). The maximum absolute atomic E-state index is 9.64. The van der Waals surface area contributed by atoms with Gasteiger partial charge in [0.2, 0.25) is 0 Å². The van der Waals surface area contributed by atoms with E-state index in [1.165, 1.54) is 0 Å². The summed E-state index contributed by atoms with van der Waals surface area (Å²) in [5.74, 6) is -2.15. The topological polar surface area (TPSA) is 132 Å². The average molecular weight is 200 g/mol. The van der Waals surface area contributed by atoms with E-state index in [2.05, 4.69) is 0 Å². The maximum Gasteiger partial charge on any atom is 0.303 e. The molecule has 0 atom stereocenters. The molecular formula is C4H8O7S. The third-order valence-electron chi connectivity index (χ3n) is 0.553. The van der Waals surface area contributed by atoms with Crippen molar-refractivity contribution in [1.82, 2.24) is 0 Å². The molecule has 0 saturated heterocycles. The largest absolute Gasteiger partial charge is 0.481 e. The van der Waals surface area contributed by atoms with Crippen LogP contribution >= 0.6 is 0 Å². The van der Waals surface area contributed by atoms with Crippen molar-refractivity contribution in [2.45, 2.75) is 12.8 Å². The number of hydrogen-bond acceptors (Lipinski definition) is 3. The molecule has 0 radical (unpaired) electrons. The van der Waals surface area contributed by atoms with Gasteiger partial charge in [-0.25, -0.2) is 0 Å². The van der Waals surface area contributed by atoms with E-state index >= 15 is 0 Å². The lowest BCUT2D eigenvalue weighted by atomic mass is 10.3. The Morgan fingerprint density at radius 2 is 1.17 bits per heavy atom. The first kappa shape index (κ1) is 13.6. The normalized spacial score (nSPS) is 8.58. The highest BCUT2D eigenvalue weighted by Crippen LogP contribution is 1.86. The van der Waals surface area contributed by atoms with Gasteiger partial charge in [-0.05, 0) is 0 Å². The van der Waals surface area contributed by atoms with Crippen LogP contribution in [-0.4, -0.2) is 35.5 Å². The van der Waals surface area contributed by atoms with Crippen LogP contribution in [-0.2, 0) is 21.0 Å². The van der Waals surface area contributed by atoms with Crippen LogP contribution in [0.4, 0.5) is 0 Å². The van der Waals surface area contributed by atoms with Gasteiger partial charge in [-0.15, -0.1) is 0 Å². The number of carboxylic acid groups (broad SMARTS) is 2. The second-order valence-electron chi connectivity index (χ2n) is 1.52. The van der Waals surface area contributed by atoms with Crippen molar-refractivity contribution in [2.75, 3.05) is 0 Å². The molecule has 0 unspecified atom stereocenters. The van der Waals surface area contributed by atoms with E-state index in [4.69, 9.17) is 23.5 Å². The molecule has 0 spiro atoms. The van der Waals surface area contributed by atoms with Crippen molar-refractivity contribution < 1.29 is 33.1 Å². The molecule has 0 amide bonds. The molecule has 0 heterocycles. The summed E-state index contributed by atoms with van der Waals surface area (Å²) in [6.45, 7) is 0. The molecule has 72 valence electrons.